The lowest BCUT2D eigenvalue weighted by molar-refractivity contribution is 0.104. The van der Waals surface area contributed by atoms with E-state index in [1.165, 1.54) is 0 Å². The van der Waals surface area contributed by atoms with Gasteiger partial charge in [0.15, 0.2) is 0 Å². The summed E-state index contributed by atoms with van der Waals surface area (Å²) in [5.41, 5.74) is 1.16. The first-order valence-corrected chi connectivity index (χ1v) is 7.31. The first-order valence-electron chi connectivity index (χ1n) is 6.52. The van der Waals surface area contributed by atoms with Crippen molar-refractivity contribution in [2.75, 3.05) is 13.6 Å². The summed E-state index contributed by atoms with van der Waals surface area (Å²) in [6.07, 6.45) is 1.45. The van der Waals surface area contributed by atoms with Crippen LogP contribution in [0.4, 0.5) is 0 Å². The van der Waals surface area contributed by atoms with Crippen LogP contribution in [0.5, 0.6) is 0 Å². The van der Waals surface area contributed by atoms with Gasteiger partial charge in [-0.25, -0.2) is 0 Å². The van der Waals surface area contributed by atoms with Crippen LogP contribution in [0.3, 0.4) is 0 Å². The van der Waals surface area contributed by atoms with Crippen LogP contribution in [0.25, 0.3) is 0 Å². The maximum absolute atomic E-state index is 10.2. The number of aliphatic hydroxyl groups is 1. The van der Waals surface area contributed by atoms with Crippen molar-refractivity contribution in [1.82, 2.24) is 4.90 Å². The van der Waals surface area contributed by atoms with Crippen molar-refractivity contribution in [2.24, 2.45) is 0 Å². The van der Waals surface area contributed by atoms with E-state index in [2.05, 4.69) is 48.6 Å². The SMILES string of the molecule is CCC(C)(C)N(C)CCC(O)c1ccccc1Br. The summed E-state index contributed by atoms with van der Waals surface area (Å²) >= 11 is 3.48. The van der Waals surface area contributed by atoms with Crippen molar-refractivity contribution >= 4 is 15.9 Å². The Morgan fingerprint density at radius 1 is 1.33 bits per heavy atom. The Balaban J connectivity index is 2.57. The molecule has 3 heteroatoms. The van der Waals surface area contributed by atoms with Gasteiger partial charge in [0.1, 0.15) is 0 Å². The van der Waals surface area contributed by atoms with E-state index in [1.807, 2.05) is 24.3 Å². The third-order valence-electron chi connectivity index (χ3n) is 3.90. The molecule has 0 spiro atoms. The van der Waals surface area contributed by atoms with Crippen LogP contribution in [0.15, 0.2) is 28.7 Å². The summed E-state index contributed by atoms with van der Waals surface area (Å²) in [6.45, 7) is 7.56. The largest absolute Gasteiger partial charge is 0.388 e. The van der Waals surface area contributed by atoms with Crippen LogP contribution >= 0.6 is 15.9 Å². The second kappa shape index (κ2) is 6.69. The fraction of sp³-hybridized carbons (Fsp3) is 0.600. The number of halogens is 1. The zero-order chi connectivity index (χ0) is 13.8. The van der Waals surface area contributed by atoms with Crippen LogP contribution < -0.4 is 0 Å². The molecule has 0 aromatic heterocycles. The van der Waals surface area contributed by atoms with Crippen molar-refractivity contribution in [3.63, 3.8) is 0 Å². The van der Waals surface area contributed by atoms with Crippen LogP contribution in [0.1, 0.15) is 45.3 Å². The molecule has 2 nitrogen and oxygen atoms in total. The molecule has 0 radical (unpaired) electrons. The molecule has 0 fully saturated rings. The molecule has 0 aliphatic heterocycles. The molecule has 1 rings (SSSR count). The van der Waals surface area contributed by atoms with Gasteiger partial charge in [-0.15, -0.1) is 0 Å². The number of benzene rings is 1. The van der Waals surface area contributed by atoms with Crippen LogP contribution in [0.2, 0.25) is 0 Å². The van der Waals surface area contributed by atoms with E-state index in [9.17, 15) is 5.11 Å². The van der Waals surface area contributed by atoms with E-state index in [-0.39, 0.29) is 5.54 Å². The lowest BCUT2D eigenvalue weighted by atomic mass is 9.99. The predicted octanol–water partition coefficient (Wildman–Crippen LogP) is 3.99. The average molecular weight is 314 g/mol. The summed E-state index contributed by atoms with van der Waals surface area (Å²) in [6, 6.07) is 7.87. The molecule has 1 aromatic carbocycles. The van der Waals surface area contributed by atoms with E-state index in [0.29, 0.717) is 0 Å². The Hall–Kier alpha value is -0.380. The Morgan fingerprint density at radius 2 is 1.94 bits per heavy atom. The van der Waals surface area contributed by atoms with Crippen molar-refractivity contribution in [3.05, 3.63) is 34.3 Å². The zero-order valence-corrected chi connectivity index (χ0v) is 13.4. The van der Waals surface area contributed by atoms with Crippen molar-refractivity contribution in [2.45, 2.75) is 45.3 Å². The molecule has 0 saturated carbocycles. The molecule has 0 saturated heterocycles. The number of hydrogen-bond acceptors (Lipinski definition) is 2. The molecular weight excluding hydrogens is 290 g/mol. The Kier molecular flexibility index (Phi) is 5.83. The molecule has 0 aliphatic carbocycles. The molecule has 0 amide bonds. The van der Waals surface area contributed by atoms with Gasteiger partial charge in [-0.3, -0.25) is 0 Å². The smallest absolute Gasteiger partial charge is 0.0813 e. The second-order valence-corrected chi connectivity index (χ2v) is 6.27. The summed E-state index contributed by atoms with van der Waals surface area (Å²) in [4.78, 5) is 2.31. The molecule has 1 aromatic rings. The molecule has 1 atom stereocenters. The van der Waals surface area contributed by atoms with E-state index in [0.717, 1.165) is 29.4 Å². The maximum atomic E-state index is 10.2. The van der Waals surface area contributed by atoms with Crippen LogP contribution in [-0.2, 0) is 0 Å². The third kappa shape index (κ3) is 4.08. The van der Waals surface area contributed by atoms with E-state index in [4.69, 9.17) is 0 Å². The summed E-state index contributed by atoms with van der Waals surface area (Å²) < 4.78 is 0.981. The number of aliphatic hydroxyl groups excluding tert-OH is 1. The van der Waals surface area contributed by atoms with Gasteiger partial charge in [-0.05, 0) is 45.4 Å². The highest BCUT2D eigenvalue weighted by molar-refractivity contribution is 9.10. The fourth-order valence-electron chi connectivity index (χ4n) is 1.79. The standard InChI is InChI=1S/C15H24BrNO/c1-5-15(2,3)17(4)11-10-14(18)12-8-6-7-9-13(12)16/h6-9,14,18H,5,10-11H2,1-4H3. The second-order valence-electron chi connectivity index (χ2n) is 5.41. The summed E-state index contributed by atoms with van der Waals surface area (Å²) in [5, 5.41) is 10.2. The maximum Gasteiger partial charge on any atom is 0.0813 e. The summed E-state index contributed by atoms with van der Waals surface area (Å²) in [5.74, 6) is 0. The minimum atomic E-state index is -0.407. The average Bonchev–Trinajstić information content (AvgIpc) is 2.36. The van der Waals surface area contributed by atoms with Gasteiger partial charge in [-0.1, -0.05) is 41.1 Å². The molecule has 1 unspecified atom stereocenters. The Morgan fingerprint density at radius 3 is 2.50 bits per heavy atom. The highest BCUT2D eigenvalue weighted by atomic mass is 79.9. The first kappa shape index (κ1) is 15.7. The quantitative estimate of drug-likeness (QED) is 0.858. The van der Waals surface area contributed by atoms with E-state index in [1.54, 1.807) is 0 Å². The van der Waals surface area contributed by atoms with E-state index >= 15 is 0 Å². The number of nitrogens with zero attached hydrogens (tertiary/aromatic N) is 1. The normalized spacial score (nSPS) is 13.9. The molecule has 0 aliphatic rings. The van der Waals surface area contributed by atoms with Crippen molar-refractivity contribution in [3.8, 4) is 0 Å². The van der Waals surface area contributed by atoms with Gasteiger partial charge in [0.05, 0.1) is 6.10 Å². The lowest BCUT2D eigenvalue weighted by Gasteiger charge is -2.35. The van der Waals surface area contributed by atoms with Gasteiger partial charge in [-0.2, -0.15) is 0 Å². The monoisotopic (exact) mass is 313 g/mol. The van der Waals surface area contributed by atoms with Gasteiger partial charge >= 0.3 is 0 Å². The zero-order valence-electron chi connectivity index (χ0n) is 11.8. The lowest BCUT2D eigenvalue weighted by Crippen LogP contribution is -2.41. The van der Waals surface area contributed by atoms with Gasteiger partial charge in [0.2, 0.25) is 0 Å². The molecule has 18 heavy (non-hydrogen) atoms. The molecule has 0 heterocycles. The molecule has 0 bridgehead atoms. The van der Waals surface area contributed by atoms with Crippen molar-refractivity contribution in [1.29, 1.82) is 0 Å². The minimum Gasteiger partial charge on any atom is -0.388 e. The predicted molar refractivity (Wildman–Crippen MR) is 80.7 cm³/mol. The first-order chi connectivity index (χ1) is 8.38. The molecule has 102 valence electrons. The van der Waals surface area contributed by atoms with Gasteiger partial charge in [0.25, 0.3) is 0 Å². The summed E-state index contributed by atoms with van der Waals surface area (Å²) in [7, 11) is 2.12. The van der Waals surface area contributed by atoms with E-state index < -0.39 is 6.10 Å². The van der Waals surface area contributed by atoms with Gasteiger partial charge in [0, 0.05) is 16.6 Å². The highest BCUT2D eigenvalue weighted by Gasteiger charge is 2.22. The van der Waals surface area contributed by atoms with Crippen LogP contribution in [-0.4, -0.2) is 29.1 Å². The number of rotatable bonds is 6. The van der Waals surface area contributed by atoms with Crippen LogP contribution in [0, 0.1) is 0 Å². The molecule has 1 N–H and O–H groups in total. The minimum absolute atomic E-state index is 0.188. The Labute approximate surface area is 119 Å². The molecular formula is C15H24BrNO. The number of hydrogen-bond donors (Lipinski definition) is 1. The third-order valence-corrected chi connectivity index (χ3v) is 4.62. The van der Waals surface area contributed by atoms with Crippen molar-refractivity contribution < 1.29 is 5.11 Å². The topological polar surface area (TPSA) is 23.5 Å². The Bertz CT molecular complexity index is 379. The fourth-order valence-corrected chi connectivity index (χ4v) is 2.34. The highest BCUT2D eigenvalue weighted by Crippen LogP contribution is 2.26. The van der Waals surface area contributed by atoms with Gasteiger partial charge < -0.3 is 10.0 Å².